The number of aromatic nitrogens is 2. The van der Waals surface area contributed by atoms with Crippen molar-refractivity contribution in [3.8, 4) is 0 Å². The third-order valence-electron chi connectivity index (χ3n) is 0.663. The van der Waals surface area contributed by atoms with Crippen LogP contribution in [0.2, 0.25) is 0 Å². The summed E-state index contributed by atoms with van der Waals surface area (Å²) in [6.07, 6.45) is 4.88. The predicted molar refractivity (Wildman–Crippen MR) is 42.7 cm³/mol. The number of hydrogen-bond acceptors (Lipinski definition) is 6. The van der Waals surface area contributed by atoms with Crippen LogP contribution < -0.4 is 0 Å². The molecule has 1 aromatic rings. The Bertz CT molecular complexity index is 228. The van der Waals surface area contributed by atoms with Crippen LogP contribution in [0.5, 0.6) is 0 Å². The summed E-state index contributed by atoms with van der Waals surface area (Å²) in [6, 6.07) is 1.78. The van der Waals surface area contributed by atoms with Gasteiger partial charge in [0, 0.05) is 19.3 Å². The first-order valence-corrected chi connectivity index (χ1v) is 4.11. The fourth-order valence-electron chi connectivity index (χ4n) is 0.349. The van der Waals surface area contributed by atoms with Crippen molar-refractivity contribution in [3.05, 3.63) is 24.8 Å². The van der Waals surface area contributed by atoms with E-state index in [0.717, 1.165) is 6.92 Å². The molecule has 6 nitrogen and oxygen atoms in total. The summed E-state index contributed by atoms with van der Waals surface area (Å²) in [4.78, 5) is 17.0. The van der Waals surface area contributed by atoms with Gasteiger partial charge in [-0.2, -0.15) is 0 Å². The summed E-state index contributed by atoms with van der Waals surface area (Å²) in [5.74, 6) is -0.826. The van der Waals surface area contributed by atoms with E-state index in [1.54, 1.807) is 18.5 Å². The number of carbonyl (C=O) groups is 1. The molecule has 0 saturated heterocycles. The van der Waals surface area contributed by atoms with Gasteiger partial charge in [0.15, 0.2) is 0 Å². The maximum Gasteiger partial charge on any atom is 0.315 e. The quantitative estimate of drug-likeness (QED) is 0.588. The molecule has 7 heteroatoms. The highest BCUT2D eigenvalue weighted by Gasteiger charge is 1.86. The lowest BCUT2D eigenvalue weighted by atomic mass is 10.7. The topological polar surface area (TPSA) is 92.2 Å². The van der Waals surface area contributed by atoms with Crippen LogP contribution in [0.15, 0.2) is 24.8 Å². The second kappa shape index (κ2) is 7.32. The summed E-state index contributed by atoms with van der Waals surface area (Å²) >= 11 is -2.70. The number of carbonyl (C=O) groups excluding carboxylic acids is 1. The van der Waals surface area contributed by atoms with Gasteiger partial charge in [0.1, 0.15) is 17.7 Å². The second-order valence-electron chi connectivity index (χ2n) is 1.68. The Labute approximate surface area is 77.5 Å². The minimum atomic E-state index is -2.70. The van der Waals surface area contributed by atoms with Gasteiger partial charge >= 0.3 is 5.97 Å². The van der Waals surface area contributed by atoms with Crippen LogP contribution in [0.1, 0.15) is 6.92 Å². The average Bonchev–Trinajstić information content (AvgIpc) is 2.06. The van der Waals surface area contributed by atoms with Gasteiger partial charge in [0.2, 0.25) is 0 Å². The zero-order valence-corrected chi connectivity index (χ0v) is 7.56. The maximum atomic E-state index is 9.64. The second-order valence-corrected chi connectivity index (χ2v) is 2.26. The van der Waals surface area contributed by atoms with Gasteiger partial charge in [-0.25, -0.2) is 14.2 Å². The minimum absolute atomic E-state index is 0.826. The van der Waals surface area contributed by atoms with Gasteiger partial charge in [-0.15, -0.1) is 0 Å². The summed E-state index contributed by atoms with van der Waals surface area (Å²) in [7, 11) is 0. The van der Waals surface area contributed by atoms with E-state index in [-0.39, 0.29) is 0 Å². The van der Waals surface area contributed by atoms with Crippen molar-refractivity contribution in [2.75, 3.05) is 0 Å². The van der Waals surface area contributed by atoms with Crippen LogP contribution in [0, 0.1) is 0 Å². The van der Waals surface area contributed by atoms with E-state index in [1.807, 2.05) is 0 Å². The van der Waals surface area contributed by atoms with Crippen LogP contribution in [0.3, 0.4) is 0 Å². The van der Waals surface area contributed by atoms with Gasteiger partial charge in [-0.1, -0.05) is 0 Å². The summed E-state index contributed by atoms with van der Waals surface area (Å²) in [5.41, 5.74) is 0. The van der Waals surface area contributed by atoms with Crippen molar-refractivity contribution in [2.24, 2.45) is 0 Å². The van der Waals surface area contributed by atoms with Gasteiger partial charge in [0.05, 0.1) is 0 Å². The van der Waals surface area contributed by atoms with Crippen molar-refractivity contribution < 1.29 is 17.7 Å². The molecule has 1 rings (SSSR count). The standard InChI is InChI=1S/C4H4N2.C2H4O4S/c1-2-5-4-6-3-1;1-2(3)6-7(4)5/h1-4H;1H3,(H,4,5)/p-1. The van der Waals surface area contributed by atoms with Crippen LogP contribution in [-0.2, 0) is 20.3 Å². The molecule has 0 aromatic carbocycles. The van der Waals surface area contributed by atoms with Crippen LogP contribution >= 0.6 is 0 Å². The van der Waals surface area contributed by atoms with Crippen molar-refractivity contribution in [3.63, 3.8) is 0 Å². The number of nitrogens with zero attached hydrogens (tertiary/aromatic N) is 2. The van der Waals surface area contributed by atoms with Crippen molar-refractivity contribution >= 4 is 17.3 Å². The highest BCUT2D eigenvalue weighted by molar-refractivity contribution is 7.74. The first kappa shape index (κ1) is 11.7. The molecule has 0 bridgehead atoms. The van der Waals surface area contributed by atoms with E-state index < -0.39 is 17.3 Å². The molecule has 0 fully saturated rings. The fraction of sp³-hybridized carbons (Fsp3) is 0.167. The molecule has 1 aromatic heterocycles. The van der Waals surface area contributed by atoms with E-state index in [1.165, 1.54) is 6.33 Å². The molecule has 0 aliphatic heterocycles. The maximum absolute atomic E-state index is 9.64. The molecular weight excluding hydrogens is 196 g/mol. The molecule has 1 atom stereocenters. The Balaban J connectivity index is 0.000000223. The summed E-state index contributed by atoms with van der Waals surface area (Å²) in [6.45, 7) is 1.01. The highest BCUT2D eigenvalue weighted by atomic mass is 32.2. The van der Waals surface area contributed by atoms with Crippen molar-refractivity contribution in [2.45, 2.75) is 6.92 Å². The Hall–Kier alpha value is -1.34. The normalized spacial score (nSPS) is 10.6. The van der Waals surface area contributed by atoms with Gasteiger partial charge < -0.3 is 8.74 Å². The van der Waals surface area contributed by atoms with E-state index >= 15 is 0 Å². The van der Waals surface area contributed by atoms with Gasteiger partial charge in [-0.3, -0.25) is 4.79 Å². The van der Waals surface area contributed by atoms with Gasteiger partial charge in [0.25, 0.3) is 0 Å². The van der Waals surface area contributed by atoms with Crippen molar-refractivity contribution in [1.82, 2.24) is 9.97 Å². The lowest BCUT2D eigenvalue weighted by Crippen LogP contribution is -2.00. The van der Waals surface area contributed by atoms with E-state index in [2.05, 4.69) is 14.2 Å². The number of hydrogen-bond donors (Lipinski definition) is 0. The van der Waals surface area contributed by atoms with E-state index in [0.29, 0.717) is 0 Å². The zero-order valence-electron chi connectivity index (χ0n) is 6.75. The van der Waals surface area contributed by atoms with Crippen molar-refractivity contribution in [1.29, 1.82) is 0 Å². The van der Waals surface area contributed by atoms with E-state index in [4.69, 9.17) is 0 Å². The molecule has 0 radical (unpaired) electrons. The summed E-state index contributed by atoms with van der Waals surface area (Å²) < 4.78 is 22.3. The Morgan fingerprint density at radius 2 is 2.00 bits per heavy atom. The Morgan fingerprint density at radius 3 is 2.08 bits per heavy atom. The van der Waals surface area contributed by atoms with E-state index in [9.17, 15) is 13.6 Å². The first-order valence-electron chi connectivity index (χ1n) is 3.11. The molecule has 0 aliphatic carbocycles. The first-order chi connectivity index (χ1) is 6.13. The zero-order chi connectivity index (χ0) is 10.1. The monoisotopic (exact) mass is 203 g/mol. The molecule has 0 spiro atoms. The molecular formula is C6H7N2O4S-. The Morgan fingerprint density at radius 1 is 1.46 bits per heavy atom. The minimum Gasteiger partial charge on any atom is -0.740 e. The molecule has 13 heavy (non-hydrogen) atoms. The third kappa shape index (κ3) is 10.7. The molecule has 1 unspecified atom stereocenters. The highest BCUT2D eigenvalue weighted by Crippen LogP contribution is 1.76. The van der Waals surface area contributed by atoms with Gasteiger partial charge in [-0.05, 0) is 6.07 Å². The van der Waals surface area contributed by atoms with Crippen LogP contribution in [0.25, 0.3) is 0 Å². The molecule has 0 aliphatic rings. The lowest BCUT2D eigenvalue weighted by Gasteiger charge is -1.99. The fourth-order valence-corrected chi connectivity index (χ4v) is 0.541. The summed E-state index contributed by atoms with van der Waals surface area (Å²) in [5, 5.41) is 0. The largest absolute Gasteiger partial charge is 0.740 e. The lowest BCUT2D eigenvalue weighted by molar-refractivity contribution is -0.131. The molecule has 1 heterocycles. The third-order valence-corrected chi connectivity index (χ3v) is 1.03. The average molecular weight is 203 g/mol. The predicted octanol–water partition coefficient (Wildman–Crippen LogP) is -0.180. The smallest absolute Gasteiger partial charge is 0.315 e. The molecule has 72 valence electrons. The van der Waals surface area contributed by atoms with Crippen LogP contribution in [-0.4, -0.2) is 24.7 Å². The molecule has 0 N–H and O–H groups in total. The Kier molecular flexibility index (Phi) is 6.56. The molecule has 0 saturated carbocycles. The van der Waals surface area contributed by atoms with Crippen LogP contribution in [0.4, 0.5) is 0 Å². The molecule has 0 amide bonds. The number of rotatable bonds is 1. The SMILES string of the molecule is CC(=O)OS(=O)[O-].c1cncnc1.